The number of anilines is 1. The number of hydrogen-bond donors (Lipinski definition) is 0. The molecule has 170 valence electrons. The van der Waals surface area contributed by atoms with Crippen molar-refractivity contribution >= 4 is 38.4 Å². The normalized spacial score (nSPS) is 22.6. The smallest absolute Gasteiger partial charge is 0.252 e. The van der Waals surface area contributed by atoms with Crippen molar-refractivity contribution in [2.24, 2.45) is 4.99 Å². The predicted molar refractivity (Wildman–Crippen MR) is 125 cm³/mol. The first-order valence-corrected chi connectivity index (χ1v) is 12.7. The van der Waals surface area contributed by atoms with Gasteiger partial charge in [0.15, 0.2) is 26.5 Å². The van der Waals surface area contributed by atoms with E-state index in [4.69, 9.17) is 14.2 Å². The Balaban J connectivity index is 1.64. The fourth-order valence-corrected chi connectivity index (χ4v) is 7.91. The lowest BCUT2D eigenvalue weighted by Crippen LogP contribution is -2.38. The first-order chi connectivity index (χ1) is 15.3. The van der Waals surface area contributed by atoms with Crippen LogP contribution < -0.4 is 19.1 Å². The third-order valence-electron chi connectivity index (χ3n) is 5.43. The average molecular weight is 477 g/mol. The maximum atomic E-state index is 12.9. The molecule has 32 heavy (non-hydrogen) atoms. The van der Waals surface area contributed by atoms with Gasteiger partial charge in [0.2, 0.25) is 0 Å². The number of aliphatic imine (C=N–C) groups is 1. The minimum absolute atomic E-state index is 0.0194. The van der Waals surface area contributed by atoms with Gasteiger partial charge < -0.3 is 19.1 Å². The number of para-hydroxylation sites is 2. The second kappa shape index (κ2) is 9.03. The van der Waals surface area contributed by atoms with Crippen molar-refractivity contribution in [2.45, 2.75) is 17.7 Å². The highest BCUT2D eigenvalue weighted by Crippen LogP contribution is 2.43. The summed E-state index contributed by atoms with van der Waals surface area (Å²) in [6.45, 7) is 0. The maximum Gasteiger partial charge on any atom is 0.252 e. The summed E-state index contributed by atoms with van der Waals surface area (Å²) in [5, 5.41) is 0.308. The van der Waals surface area contributed by atoms with Gasteiger partial charge in [-0.25, -0.2) is 8.42 Å². The zero-order valence-electron chi connectivity index (χ0n) is 18.0. The van der Waals surface area contributed by atoms with Gasteiger partial charge in [0, 0.05) is 5.25 Å². The molecule has 2 saturated heterocycles. The van der Waals surface area contributed by atoms with Crippen molar-refractivity contribution < 1.29 is 27.4 Å². The Morgan fingerprint density at radius 1 is 1.03 bits per heavy atom. The molecule has 0 aliphatic carbocycles. The van der Waals surface area contributed by atoms with Gasteiger partial charge in [-0.3, -0.25) is 4.79 Å². The summed E-state index contributed by atoms with van der Waals surface area (Å²) >= 11 is 1.33. The molecule has 2 heterocycles. The Bertz CT molecular complexity index is 1160. The molecular formula is C22H24N2O6S2. The average Bonchev–Trinajstić information content (AvgIpc) is 3.23. The Labute approximate surface area is 191 Å². The van der Waals surface area contributed by atoms with Crippen molar-refractivity contribution in [2.75, 3.05) is 37.7 Å². The number of thioether (sulfide) groups is 1. The van der Waals surface area contributed by atoms with Crippen LogP contribution in [0.15, 0.2) is 47.5 Å². The van der Waals surface area contributed by atoms with Crippen LogP contribution in [0.4, 0.5) is 5.69 Å². The molecular weight excluding hydrogens is 452 g/mol. The van der Waals surface area contributed by atoms with E-state index in [1.807, 2.05) is 23.1 Å². The monoisotopic (exact) mass is 476 g/mol. The van der Waals surface area contributed by atoms with Gasteiger partial charge in [0.25, 0.3) is 5.91 Å². The molecule has 10 heteroatoms. The highest BCUT2D eigenvalue weighted by molar-refractivity contribution is 8.16. The van der Waals surface area contributed by atoms with Crippen molar-refractivity contribution in [1.82, 2.24) is 0 Å². The number of hydrogen-bond acceptors (Lipinski definition) is 7. The number of rotatable bonds is 6. The molecule has 2 aliphatic rings. The van der Waals surface area contributed by atoms with Crippen molar-refractivity contribution in [3.63, 3.8) is 0 Å². The number of carbonyl (C=O) groups excluding carboxylic acids is 1. The lowest BCUT2D eigenvalue weighted by atomic mass is 10.1. The first-order valence-electron chi connectivity index (χ1n) is 9.97. The molecule has 0 saturated carbocycles. The summed E-state index contributed by atoms with van der Waals surface area (Å²) in [4.78, 5) is 19.1. The number of ether oxygens (including phenoxy) is 3. The third-order valence-corrected chi connectivity index (χ3v) is 8.64. The molecule has 0 spiro atoms. The van der Waals surface area contributed by atoms with Crippen LogP contribution in [0.5, 0.6) is 17.2 Å². The fraction of sp³-hybridized carbons (Fsp3) is 0.364. The van der Waals surface area contributed by atoms with Gasteiger partial charge in [-0.2, -0.15) is 4.99 Å². The predicted octanol–water partition coefficient (Wildman–Crippen LogP) is 2.56. The molecule has 2 aliphatic heterocycles. The molecule has 2 atom stereocenters. The van der Waals surface area contributed by atoms with Crippen LogP contribution in [0, 0.1) is 0 Å². The van der Waals surface area contributed by atoms with E-state index >= 15 is 0 Å². The molecule has 8 nitrogen and oxygen atoms in total. The number of fused-ring (bicyclic) bond motifs is 1. The zero-order valence-corrected chi connectivity index (χ0v) is 19.6. The fourth-order valence-electron chi connectivity index (χ4n) is 3.99. The number of benzene rings is 2. The molecule has 2 aromatic carbocycles. The quantitative estimate of drug-likeness (QED) is 0.628. The number of carbonyl (C=O) groups is 1. The molecule has 0 unspecified atom stereocenters. The number of sulfone groups is 1. The van der Waals surface area contributed by atoms with E-state index in [2.05, 4.69) is 4.99 Å². The molecule has 2 fully saturated rings. The van der Waals surface area contributed by atoms with Crippen LogP contribution in [0.1, 0.15) is 5.56 Å². The molecule has 0 bridgehead atoms. The van der Waals surface area contributed by atoms with Crippen LogP contribution in [-0.2, 0) is 21.1 Å². The van der Waals surface area contributed by atoms with Crippen molar-refractivity contribution in [1.29, 1.82) is 0 Å². The number of amides is 1. The van der Waals surface area contributed by atoms with Gasteiger partial charge in [-0.15, -0.1) is 0 Å². The van der Waals surface area contributed by atoms with Gasteiger partial charge in [-0.05, 0) is 29.8 Å². The van der Waals surface area contributed by atoms with E-state index < -0.39 is 9.84 Å². The first kappa shape index (κ1) is 22.5. The Kier molecular flexibility index (Phi) is 6.34. The number of nitrogens with zero attached hydrogens (tertiary/aromatic N) is 2. The van der Waals surface area contributed by atoms with E-state index in [1.165, 1.54) is 18.9 Å². The van der Waals surface area contributed by atoms with Crippen molar-refractivity contribution in [3.8, 4) is 17.2 Å². The summed E-state index contributed by atoms with van der Waals surface area (Å²) in [5.41, 5.74) is 1.44. The van der Waals surface area contributed by atoms with E-state index in [1.54, 1.807) is 38.5 Å². The van der Waals surface area contributed by atoms with Crippen LogP contribution >= 0.6 is 11.8 Å². The van der Waals surface area contributed by atoms with E-state index in [0.717, 1.165) is 5.56 Å². The van der Waals surface area contributed by atoms with Crippen molar-refractivity contribution in [3.05, 3.63) is 48.0 Å². The number of methoxy groups -OCH3 is 3. The summed E-state index contributed by atoms with van der Waals surface area (Å²) in [6.07, 6.45) is 0.0812. The highest BCUT2D eigenvalue weighted by Gasteiger charge is 2.50. The Hall–Kier alpha value is -2.72. The van der Waals surface area contributed by atoms with Crippen LogP contribution in [0.3, 0.4) is 0 Å². The van der Waals surface area contributed by atoms with Gasteiger partial charge >= 0.3 is 0 Å². The minimum atomic E-state index is -3.15. The minimum Gasteiger partial charge on any atom is -0.495 e. The lowest BCUT2D eigenvalue weighted by Gasteiger charge is -2.26. The summed E-state index contributed by atoms with van der Waals surface area (Å²) in [6, 6.07) is 12.3. The van der Waals surface area contributed by atoms with Crippen LogP contribution in [0.2, 0.25) is 0 Å². The second-order valence-corrected chi connectivity index (χ2v) is 10.9. The summed E-state index contributed by atoms with van der Waals surface area (Å²) in [5.74, 6) is 1.47. The SMILES string of the molecule is COc1ccc(CC(=O)N=C2S[C@@H]3CS(=O)(=O)C[C@H]3N2c2ccccc2OC)cc1OC. The lowest BCUT2D eigenvalue weighted by molar-refractivity contribution is -0.117. The molecule has 0 aromatic heterocycles. The van der Waals surface area contributed by atoms with Crippen LogP contribution in [-0.4, -0.2) is 63.6 Å². The maximum absolute atomic E-state index is 12.9. The Morgan fingerprint density at radius 3 is 2.47 bits per heavy atom. The van der Waals surface area contributed by atoms with E-state index in [9.17, 15) is 13.2 Å². The zero-order chi connectivity index (χ0) is 22.9. The standard InChI is InChI=1S/C22H24N2O6S2/c1-28-17-7-5-4-6-15(17)24-16-12-32(26,27)13-20(16)31-22(24)23-21(25)11-14-8-9-18(29-2)19(10-14)30-3/h4-10,16,20H,11-13H2,1-3H3/t16-,20-/m1/s1. The molecule has 2 aromatic rings. The summed E-state index contributed by atoms with van der Waals surface area (Å²) in [7, 11) is 1.50. The van der Waals surface area contributed by atoms with Crippen LogP contribution in [0.25, 0.3) is 0 Å². The van der Waals surface area contributed by atoms with Gasteiger partial charge in [0.05, 0.1) is 51.0 Å². The van der Waals surface area contributed by atoms with E-state index in [0.29, 0.717) is 28.1 Å². The molecule has 1 amide bonds. The Morgan fingerprint density at radius 2 is 1.75 bits per heavy atom. The summed E-state index contributed by atoms with van der Waals surface area (Å²) < 4.78 is 40.6. The molecule has 0 radical (unpaired) electrons. The number of amidine groups is 1. The second-order valence-electron chi connectivity index (χ2n) is 7.50. The van der Waals surface area contributed by atoms with Gasteiger partial charge in [-0.1, -0.05) is 30.0 Å². The largest absolute Gasteiger partial charge is 0.495 e. The highest BCUT2D eigenvalue weighted by atomic mass is 32.2. The third kappa shape index (κ3) is 4.42. The van der Waals surface area contributed by atoms with Gasteiger partial charge in [0.1, 0.15) is 5.75 Å². The topological polar surface area (TPSA) is 94.5 Å². The molecule has 0 N–H and O–H groups in total. The molecule has 4 rings (SSSR count). The van der Waals surface area contributed by atoms with E-state index in [-0.39, 0.29) is 35.1 Å².